The molecule has 1 fully saturated rings. The first kappa shape index (κ1) is 13.7. The van der Waals surface area contributed by atoms with Crippen molar-refractivity contribution in [2.75, 3.05) is 11.4 Å². The van der Waals surface area contributed by atoms with Gasteiger partial charge < -0.3 is 9.55 Å². The lowest BCUT2D eigenvalue weighted by Crippen LogP contribution is -2.44. The number of carbonyl (C=O) groups excluding carboxylic acids is 1. The van der Waals surface area contributed by atoms with Crippen molar-refractivity contribution < 1.29 is 9.45 Å². The van der Waals surface area contributed by atoms with Crippen molar-refractivity contribution in [2.45, 2.75) is 25.8 Å². The standard InChI is InChI=1S/C11H12BCl2N2O2/c1-12-18-7-2-3-10(17)16(6-7)11-8(13)4-15-5-9(11)14/h4-5,7H,2-3,6H2,1H3. The Balaban J connectivity index is 2.27. The Kier molecular flexibility index (Phi) is 4.48. The maximum Gasteiger partial charge on any atom is 0.289 e. The van der Waals surface area contributed by atoms with Crippen LogP contribution < -0.4 is 4.90 Å². The number of pyridine rings is 1. The molecule has 1 aromatic rings. The maximum absolute atomic E-state index is 12.0. The van der Waals surface area contributed by atoms with E-state index >= 15 is 0 Å². The molecule has 0 N–H and O–H groups in total. The predicted molar refractivity (Wildman–Crippen MR) is 72.3 cm³/mol. The highest BCUT2D eigenvalue weighted by atomic mass is 35.5. The fourth-order valence-electron chi connectivity index (χ4n) is 2.00. The van der Waals surface area contributed by atoms with Crippen LogP contribution >= 0.6 is 23.2 Å². The van der Waals surface area contributed by atoms with Gasteiger partial charge in [-0.25, -0.2) is 0 Å². The molecular weight excluding hydrogens is 274 g/mol. The van der Waals surface area contributed by atoms with Crippen LogP contribution in [0.15, 0.2) is 12.4 Å². The van der Waals surface area contributed by atoms with E-state index in [1.807, 2.05) is 6.82 Å². The maximum atomic E-state index is 12.0. The molecule has 95 valence electrons. The minimum absolute atomic E-state index is 0.000882. The summed E-state index contributed by atoms with van der Waals surface area (Å²) in [4.78, 5) is 17.4. The van der Waals surface area contributed by atoms with E-state index in [1.165, 1.54) is 12.4 Å². The van der Waals surface area contributed by atoms with Crippen LogP contribution in [0.3, 0.4) is 0 Å². The zero-order chi connectivity index (χ0) is 13.1. The molecule has 1 radical (unpaired) electrons. The number of halogens is 2. The van der Waals surface area contributed by atoms with Crippen molar-refractivity contribution in [1.29, 1.82) is 0 Å². The summed E-state index contributed by atoms with van der Waals surface area (Å²) >= 11 is 12.1. The highest BCUT2D eigenvalue weighted by Crippen LogP contribution is 2.34. The lowest BCUT2D eigenvalue weighted by atomic mass is 10.0. The normalized spacial score (nSPS) is 20.1. The van der Waals surface area contributed by atoms with Gasteiger partial charge in [-0.2, -0.15) is 0 Å². The van der Waals surface area contributed by atoms with Crippen LogP contribution in [0, 0.1) is 0 Å². The number of piperidine rings is 1. The van der Waals surface area contributed by atoms with Crippen molar-refractivity contribution in [1.82, 2.24) is 4.98 Å². The van der Waals surface area contributed by atoms with Crippen LogP contribution in [0.4, 0.5) is 5.69 Å². The highest BCUT2D eigenvalue weighted by molar-refractivity contribution is 6.39. The van der Waals surface area contributed by atoms with Crippen molar-refractivity contribution in [2.24, 2.45) is 0 Å². The molecule has 1 unspecified atom stereocenters. The molecule has 0 saturated carbocycles. The molecule has 0 aromatic carbocycles. The first-order valence-corrected chi connectivity index (χ1v) is 6.41. The third-order valence-corrected chi connectivity index (χ3v) is 3.35. The number of carbonyl (C=O) groups is 1. The first-order chi connectivity index (χ1) is 8.63. The Morgan fingerprint density at radius 2 is 2.11 bits per heavy atom. The van der Waals surface area contributed by atoms with Crippen LogP contribution in [0.2, 0.25) is 16.9 Å². The number of hydrogen-bond donors (Lipinski definition) is 0. The van der Waals surface area contributed by atoms with Gasteiger partial charge in [0.2, 0.25) is 5.91 Å². The molecule has 1 amide bonds. The number of rotatable bonds is 3. The average molecular weight is 286 g/mol. The minimum Gasteiger partial charge on any atom is -0.436 e. The Labute approximate surface area is 116 Å². The fourth-order valence-corrected chi connectivity index (χ4v) is 2.57. The van der Waals surface area contributed by atoms with Crippen molar-refractivity contribution in [3.05, 3.63) is 22.4 Å². The number of aromatic nitrogens is 1. The van der Waals surface area contributed by atoms with Gasteiger partial charge in [0, 0.05) is 18.8 Å². The molecule has 2 heterocycles. The molecule has 1 aromatic heterocycles. The second-order valence-corrected chi connectivity index (χ2v) is 4.80. The monoisotopic (exact) mass is 285 g/mol. The van der Waals surface area contributed by atoms with Gasteiger partial charge in [-0.1, -0.05) is 30.0 Å². The highest BCUT2D eigenvalue weighted by Gasteiger charge is 2.29. The minimum atomic E-state index is -0.0204. The fraction of sp³-hybridized carbons (Fsp3) is 0.455. The van der Waals surface area contributed by atoms with E-state index in [4.69, 9.17) is 27.9 Å². The molecule has 7 heteroatoms. The van der Waals surface area contributed by atoms with Gasteiger partial charge in [-0.15, -0.1) is 0 Å². The Morgan fingerprint density at radius 3 is 2.72 bits per heavy atom. The molecular formula is C11H12BCl2N2O2. The van der Waals surface area contributed by atoms with Gasteiger partial charge in [0.15, 0.2) is 0 Å². The van der Waals surface area contributed by atoms with Gasteiger partial charge in [0.25, 0.3) is 7.48 Å². The molecule has 1 saturated heterocycles. The third-order valence-electron chi connectivity index (χ3n) is 2.79. The second-order valence-electron chi connectivity index (χ2n) is 3.99. The van der Waals surface area contributed by atoms with Gasteiger partial charge in [-0.3, -0.25) is 9.78 Å². The van der Waals surface area contributed by atoms with E-state index in [0.717, 1.165) is 0 Å². The first-order valence-electron chi connectivity index (χ1n) is 5.66. The third kappa shape index (κ3) is 2.79. The molecule has 1 aliphatic heterocycles. The van der Waals surface area contributed by atoms with Crippen molar-refractivity contribution in [3.63, 3.8) is 0 Å². The van der Waals surface area contributed by atoms with Crippen molar-refractivity contribution >= 4 is 42.3 Å². The Hall–Kier alpha value is -0.775. The average Bonchev–Trinajstić information content (AvgIpc) is 2.33. The van der Waals surface area contributed by atoms with E-state index in [1.54, 1.807) is 12.4 Å². The van der Waals surface area contributed by atoms with Crippen LogP contribution in [0.1, 0.15) is 12.8 Å². The van der Waals surface area contributed by atoms with E-state index in [-0.39, 0.29) is 12.0 Å². The SMILES string of the molecule is C[B]OC1CCC(=O)N(c2c(Cl)cncc2Cl)C1. The second kappa shape index (κ2) is 5.91. The molecule has 4 nitrogen and oxygen atoms in total. The summed E-state index contributed by atoms with van der Waals surface area (Å²) < 4.78 is 5.44. The van der Waals surface area contributed by atoms with E-state index < -0.39 is 0 Å². The lowest BCUT2D eigenvalue weighted by Gasteiger charge is -2.33. The van der Waals surface area contributed by atoms with Gasteiger partial charge in [0.1, 0.15) is 0 Å². The summed E-state index contributed by atoms with van der Waals surface area (Å²) in [5.41, 5.74) is 0.516. The largest absolute Gasteiger partial charge is 0.436 e. The molecule has 0 bridgehead atoms. The molecule has 0 spiro atoms. The molecule has 2 rings (SSSR count). The smallest absolute Gasteiger partial charge is 0.289 e. The number of nitrogens with zero attached hydrogens (tertiary/aromatic N) is 2. The molecule has 1 aliphatic rings. The predicted octanol–water partition coefficient (Wildman–Crippen LogP) is 2.57. The summed E-state index contributed by atoms with van der Waals surface area (Å²) in [5.74, 6) is 0.000882. The summed E-state index contributed by atoms with van der Waals surface area (Å²) in [5, 5.41) is 0.744. The van der Waals surface area contributed by atoms with Gasteiger partial charge in [0.05, 0.1) is 28.4 Å². The van der Waals surface area contributed by atoms with Crippen LogP contribution in [0.5, 0.6) is 0 Å². The Morgan fingerprint density at radius 1 is 1.44 bits per heavy atom. The van der Waals surface area contributed by atoms with Gasteiger partial charge in [-0.05, 0) is 6.42 Å². The molecule has 1 atom stereocenters. The summed E-state index contributed by atoms with van der Waals surface area (Å²) in [6, 6.07) is 0. The lowest BCUT2D eigenvalue weighted by molar-refractivity contribution is -0.120. The van der Waals surface area contributed by atoms with Crippen molar-refractivity contribution in [3.8, 4) is 0 Å². The summed E-state index contributed by atoms with van der Waals surface area (Å²) in [6.45, 7) is 2.26. The zero-order valence-corrected chi connectivity index (χ0v) is 11.4. The zero-order valence-electron chi connectivity index (χ0n) is 9.90. The van der Waals surface area contributed by atoms with Crippen LogP contribution in [0.25, 0.3) is 0 Å². The topological polar surface area (TPSA) is 42.4 Å². The van der Waals surface area contributed by atoms with Crippen LogP contribution in [-0.2, 0) is 9.45 Å². The molecule has 18 heavy (non-hydrogen) atoms. The van der Waals surface area contributed by atoms with Crippen LogP contribution in [-0.4, -0.2) is 31.0 Å². The van der Waals surface area contributed by atoms with E-state index in [0.29, 0.717) is 35.1 Å². The summed E-state index contributed by atoms with van der Waals surface area (Å²) in [7, 11) is 1.63. The Bertz CT molecular complexity index is 438. The van der Waals surface area contributed by atoms with E-state index in [2.05, 4.69) is 4.98 Å². The molecule has 0 aliphatic carbocycles. The number of amides is 1. The number of hydrogen-bond acceptors (Lipinski definition) is 3. The van der Waals surface area contributed by atoms with Gasteiger partial charge >= 0.3 is 0 Å². The number of anilines is 1. The quantitative estimate of drug-likeness (QED) is 0.802. The summed E-state index contributed by atoms with van der Waals surface area (Å²) in [6.07, 6.45) is 4.07. The van der Waals surface area contributed by atoms with E-state index in [9.17, 15) is 4.79 Å².